The van der Waals surface area contributed by atoms with Crippen molar-refractivity contribution in [1.29, 1.82) is 5.26 Å². The molecule has 0 aliphatic carbocycles. The van der Waals surface area contributed by atoms with Crippen molar-refractivity contribution in [3.8, 4) is 6.07 Å². The molecule has 140 valence electrons. The van der Waals surface area contributed by atoms with Crippen LogP contribution in [-0.4, -0.2) is 42.7 Å². The standard InChI is InChI=1S/C21H22ClN3OS/c1-16-2-7-19(22)12-20(16)24-8-10-25(11-9-24)21(26)15-27-14-18-5-3-17(13-23)4-6-18/h2-7,12H,8-11,14-15H2,1H3. The second kappa shape index (κ2) is 9.16. The fraction of sp³-hybridized carbons (Fsp3) is 0.333. The number of halogens is 1. The fourth-order valence-electron chi connectivity index (χ4n) is 3.14. The van der Waals surface area contributed by atoms with E-state index in [1.807, 2.05) is 47.4 Å². The van der Waals surface area contributed by atoms with Crippen molar-refractivity contribution in [2.24, 2.45) is 0 Å². The number of hydrogen-bond donors (Lipinski definition) is 0. The number of carbonyl (C=O) groups excluding carboxylic acids is 1. The van der Waals surface area contributed by atoms with Crippen LogP contribution in [0.5, 0.6) is 0 Å². The number of nitriles is 1. The summed E-state index contributed by atoms with van der Waals surface area (Å²) < 4.78 is 0. The molecule has 4 nitrogen and oxygen atoms in total. The van der Waals surface area contributed by atoms with E-state index in [-0.39, 0.29) is 5.91 Å². The molecule has 2 aromatic rings. The number of amides is 1. The van der Waals surface area contributed by atoms with Crippen LogP contribution in [0.3, 0.4) is 0 Å². The fourth-order valence-corrected chi connectivity index (χ4v) is 4.20. The lowest BCUT2D eigenvalue weighted by atomic mass is 10.1. The molecule has 1 fully saturated rings. The highest BCUT2D eigenvalue weighted by atomic mass is 35.5. The van der Waals surface area contributed by atoms with Gasteiger partial charge in [0, 0.05) is 42.6 Å². The van der Waals surface area contributed by atoms with Crippen molar-refractivity contribution in [2.45, 2.75) is 12.7 Å². The first-order valence-corrected chi connectivity index (χ1v) is 10.5. The largest absolute Gasteiger partial charge is 0.368 e. The molecule has 2 aromatic carbocycles. The smallest absolute Gasteiger partial charge is 0.232 e. The molecular formula is C21H22ClN3OS. The van der Waals surface area contributed by atoms with Gasteiger partial charge in [0.15, 0.2) is 0 Å². The van der Waals surface area contributed by atoms with E-state index < -0.39 is 0 Å². The molecule has 0 atom stereocenters. The normalized spacial score (nSPS) is 14.1. The molecule has 27 heavy (non-hydrogen) atoms. The van der Waals surface area contributed by atoms with Crippen LogP contribution < -0.4 is 4.90 Å². The zero-order valence-electron chi connectivity index (χ0n) is 15.3. The third-order valence-corrected chi connectivity index (χ3v) is 5.95. The van der Waals surface area contributed by atoms with Gasteiger partial charge in [0.1, 0.15) is 0 Å². The van der Waals surface area contributed by atoms with E-state index in [2.05, 4.69) is 17.9 Å². The van der Waals surface area contributed by atoms with E-state index in [9.17, 15) is 4.79 Å². The summed E-state index contributed by atoms with van der Waals surface area (Å²) in [5.74, 6) is 1.45. The van der Waals surface area contributed by atoms with Crippen LogP contribution in [0.4, 0.5) is 5.69 Å². The summed E-state index contributed by atoms with van der Waals surface area (Å²) in [6, 6.07) is 15.6. The van der Waals surface area contributed by atoms with E-state index in [1.165, 1.54) is 5.56 Å². The lowest BCUT2D eigenvalue weighted by molar-refractivity contribution is -0.128. The summed E-state index contributed by atoms with van der Waals surface area (Å²) in [7, 11) is 0. The maximum Gasteiger partial charge on any atom is 0.232 e. The second-order valence-electron chi connectivity index (χ2n) is 6.60. The maximum atomic E-state index is 12.5. The minimum absolute atomic E-state index is 0.191. The van der Waals surface area contributed by atoms with E-state index >= 15 is 0 Å². The second-order valence-corrected chi connectivity index (χ2v) is 8.02. The van der Waals surface area contributed by atoms with Gasteiger partial charge in [-0.15, -0.1) is 11.8 Å². The molecule has 6 heteroatoms. The lowest BCUT2D eigenvalue weighted by Gasteiger charge is -2.37. The first kappa shape index (κ1) is 19.6. The maximum absolute atomic E-state index is 12.5. The quantitative estimate of drug-likeness (QED) is 0.759. The zero-order chi connectivity index (χ0) is 19.2. The highest BCUT2D eigenvalue weighted by molar-refractivity contribution is 7.99. The molecule has 0 unspecified atom stereocenters. The van der Waals surface area contributed by atoms with E-state index in [0.717, 1.165) is 48.2 Å². The SMILES string of the molecule is Cc1ccc(Cl)cc1N1CCN(C(=O)CSCc2ccc(C#N)cc2)CC1. The first-order valence-electron chi connectivity index (χ1n) is 8.92. The van der Waals surface area contributed by atoms with Gasteiger partial charge in [-0.05, 0) is 42.3 Å². The Balaban J connectivity index is 1.45. The molecule has 1 saturated heterocycles. The summed E-state index contributed by atoms with van der Waals surface area (Å²) >= 11 is 7.75. The minimum atomic E-state index is 0.191. The third-order valence-electron chi connectivity index (χ3n) is 4.72. The number of thioether (sulfide) groups is 1. The van der Waals surface area contributed by atoms with Crippen LogP contribution in [0.25, 0.3) is 0 Å². The molecule has 1 aliphatic rings. The van der Waals surface area contributed by atoms with Gasteiger partial charge >= 0.3 is 0 Å². The molecule has 0 saturated carbocycles. The van der Waals surface area contributed by atoms with Crippen LogP contribution in [-0.2, 0) is 10.5 Å². The van der Waals surface area contributed by atoms with Gasteiger partial charge in [-0.3, -0.25) is 4.79 Å². The Morgan fingerprint density at radius 3 is 2.52 bits per heavy atom. The van der Waals surface area contributed by atoms with Crippen molar-refractivity contribution in [3.63, 3.8) is 0 Å². The molecule has 3 rings (SSSR count). The van der Waals surface area contributed by atoms with Crippen molar-refractivity contribution >= 4 is 35.0 Å². The van der Waals surface area contributed by atoms with Crippen LogP contribution in [0.2, 0.25) is 5.02 Å². The molecule has 0 bridgehead atoms. The molecular weight excluding hydrogens is 378 g/mol. The van der Waals surface area contributed by atoms with Crippen LogP contribution in [0.15, 0.2) is 42.5 Å². The summed E-state index contributed by atoms with van der Waals surface area (Å²) in [4.78, 5) is 16.7. The summed E-state index contributed by atoms with van der Waals surface area (Å²) in [5.41, 5.74) is 4.16. The number of piperazine rings is 1. The highest BCUT2D eigenvalue weighted by Gasteiger charge is 2.22. The molecule has 0 aromatic heterocycles. The van der Waals surface area contributed by atoms with Crippen LogP contribution >= 0.6 is 23.4 Å². The van der Waals surface area contributed by atoms with Gasteiger partial charge in [-0.1, -0.05) is 29.8 Å². The van der Waals surface area contributed by atoms with Crippen LogP contribution in [0, 0.1) is 18.3 Å². The van der Waals surface area contributed by atoms with Gasteiger partial charge < -0.3 is 9.80 Å². The number of benzene rings is 2. The number of nitrogens with zero attached hydrogens (tertiary/aromatic N) is 3. The molecule has 0 N–H and O–H groups in total. The van der Waals surface area contributed by atoms with Crippen molar-refractivity contribution in [2.75, 3.05) is 36.8 Å². The Kier molecular flexibility index (Phi) is 6.65. The molecule has 1 aliphatic heterocycles. The highest BCUT2D eigenvalue weighted by Crippen LogP contribution is 2.25. The van der Waals surface area contributed by atoms with Crippen molar-refractivity contribution < 1.29 is 4.79 Å². The van der Waals surface area contributed by atoms with Gasteiger partial charge in [0.05, 0.1) is 17.4 Å². The van der Waals surface area contributed by atoms with E-state index in [4.69, 9.17) is 16.9 Å². The van der Waals surface area contributed by atoms with Gasteiger partial charge in [-0.25, -0.2) is 0 Å². The predicted octanol–water partition coefficient (Wildman–Crippen LogP) is 4.10. The third kappa shape index (κ3) is 5.18. The van der Waals surface area contributed by atoms with Crippen LogP contribution in [0.1, 0.15) is 16.7 Å². The summed E-state index contributed by atoms with van der Waals surface area (Å²) in [5, 5.41) is 9.57. The number of hydrogen-bond acceptors (Lipinski definition) is 4. The predicted molar refractivity (Wildman–Crippen MR) is 112 cm³/mol. The van der Waals surface area contributed by atoms with Gasteiger partial charge in [-0.2, -0.15) is 5.26 Å². The van der Waals surface area contributed by atoms with Gasteiger partial charge in [0.25, 0.3) is 0 Å². The Labute approximate surface area is 169 Å². The Morgan fingerprint density at radius 2 is 1.85 bits per heavy atom. The van der Waals surface area contributed by atoms with Crippen molar-refractivity contribution in [1.82, 2.24) is 4.90 Å². The minimum Gasteiger partial charge on any atom is -0.368 e. The monoisotopic (exact) mass is 399 g/mol. The zero-order valence-corrected chi connectivity index (χ0v) is 16.9. The Morgan fingerprint density at radius 1 is 1.15 bits per heavy atom. The van der Waals surface area contributed by atoms with Gasteiger partial charge in [0.2, 0.25) is 5.91 Å². The topological polar surface area (TPSA) is 47.3 Å². The van der Waals surface area contributed by atoms with Crippen molar-refractivity contribution in [3.05, 3.63) is 64.2 Å². The number of aryl methyl sites for hydroxylation is 1. The lowest BCUT2D eigenvalue weighted by Crippen LogP contribution is -2.49. The van der Waals surface area contributed by atoms with E-state index in [1.54, 1.807) is 11.8 Å². The number of carbonyl (C=O) groups is 1. The van der Waals surface area contributed by atoms with E-state index in [0.29, 0.717) is 11.3 Å². The summed E-state index contributed by atoms with van der Waals surface area (Å²) in [6.45, 7) is 5.22. The summed E-state index contributed by atoms with van der Waals surface area (Å²) in [6.07, 6.45) is 0. The molecule has 0 spiro atoms. The molecule has 1 amide bonds. The Bertz CT molecular complexity index is 839. The molecule has 0 radical (unpaired) electrons. The average molecular weight is 400 g/mol. The molecule has 1 heterocycles. The number of anilines is 1. The number of rotatable bonds is 5. The average Bonchev–Trinajstić information content (AvgIpc) is 2.70. The first-order chi connectivity index (χ1) is 13.1. The Hall–Kier alpha value is -2.16.